The number of ketones is 1. The van der Waals surface area contributed by atoms with E-state index >= 15 is 0 Å². The summed E-state index contributed by atoms with van der Waals surface area (Å²) in [7, 11) is 0. The summed E-state index contributed by atoms with van der Waals surface area (Å²) in [5.74, 6) is -2.03. The van der Waals surface area contributed by atoms with Gasteiger partial charge in [-0.15, -0.1) is 0 Å². The predicted octanol–water partition coefficient (Wildman–Crippen LogP) is 0.744. The van der Waals surface area contributed by atoms with Crippen LogP contribution in [-0.4, -0.2) is 47.7 Å². The fourth-order valence-corrected chi connectivity index (χ4v) is 3.85. The van der Waals surface area contributed by atoms with Crippen LogP contribution < -0.4 is 10.0 Å². The highest BCUT2D eigenvalue weighted by molar-refractivity contribution is 6.46. The van der Waals surface area contributed by atoms with Crippen LogP contribution in [0.3, 0.4) is 0 Å². The number of Topliss-reactive ketones (excluding diaryl/α,β-unsaturated/α-hetero) is 1. The molecule has 1 atom stereocenters. The number of likely N-dealkylation sites (tertiary alicyclic amines) is 1. The van der Waals surface area contributed by atoms with E-state index in [1.165, 1.54) is 34.1 Å². The number of carbonyl (C=O) groups excluding carboxylic acids is 2. The molecule has 0 aliphatic carbocycles. The molecule has 1 aliphatic heterocycles. The molecule has 1 N–H and O–H groups in total. The summed E-state index contributed by atoms with van der Waals surface area (Å²) in [6.45, 7) is 6.75. The Bertz CT molecular complexity index is 998. The van der Waals surface area contributed by atoms with E-state index in [1.807, 2.05) is 13.8 Å². The number of nitro groups is 1. The smallest absolute Gasteiger partial charge is 0.295 e. The van der Waals surface area contributed by atoms with Gasteiger partial charge >= 0.3 is 0 Å². The van der Waals surface area contributed by atoms with Gasteiger partial charge in [-0.3, -0.25) is 19.7 Å². The second-order valence-electron chi connectivity index (χ2n) is 7.39. The Morgan fingerprint density at radius 2 is 1.65 bits per heavy atom. The molecule has 162 valence electrons. The van der Waals surface area contributed by atoms with Crippen molar-refractivity contribution >= 4 is 23.1 Å². The first kappa shape index (κ1) is 22.2. The molecule has 1 heterocycles. The van der Waals surface area contributed by atoms with Crippen molar-refractivity contribution in [1.82, 2.24) is 4.90 Å². The van der Waals surface area contributed by atoms with Crippen LogP contribution in [0.1, 0.15) is 31.0 Å². The molecule has 0 bridgehead atoms. The van der Waals surface area contributed by atoms with Crippen molar-refractivity contribution in [2.75, 3.05) is 26.2 Å². The monoisotopic (exact) mass is 423 g/mol. The van der Waals surface area contributed by atoms with Crippen LogP contribution in [-0.2, 0) is 9.59 Å². The molecule has 31 heavy (non-hydrogen) atoms. The summed E-state index contributed by atoms with van der Waals surface area (Å²) in [5.41, 5.74) is 0.606. The van der Waals surface area contributed by atoms with E-state index in [0.717, 1.165) is 13.1 Å². The van der Waals surface area contributed by atoms with Crippen molar-refractivity contribution in [2.45, 2.75) is 19.9 Å². The van der Waals surface area contributed by atoms with Gasteiger partial charge in [0.15, 0.2) is 0 Å². The Balaban J connectivity index is 2.09. The molecule has 2 aromatic carbocycles. The minimum absolute atomic E-state index is 0.102. The lowest BCUT2D eigenvalue weighted by Crippen LogP contribution is -3.12. The zero-order chi connectivity index (χ0) is 22.5. The third-order valence-corrected chi connectivity index (χ3v) is 5.69. The number of amides is 1. The van der Waals surface area contributed by atoms with Gasteiger partial charge in [0.2, 0.25) is 5.78 Å². The summed E-state index contributed by atoms with van der Waals surface area (Å²) < 4.78 is 0. The zero-order valence-corrected chi connectivity index (χ0v) is 17.5. The predicted molar refractivity (Wildman–Crippen MR) is 113 cm³/mol. The van der Waals surface area contributed by atoms with Gasteiger partial charge in [0, 0.05) is 17.7 Å². The van der Waals surface area contributed by atoms with Crippen molar-refractivity contribution < 1.29 is 24.5 Å². The molecule has 0 saturated carbocycles. The lowest BCUT2D eigenvalue weighted by Gasteiger charge is -2.28. The number of non-ortho nitro benzene ring substituents is 1. The molecule has 3 rings (SSSR count). The van der Waals surface area contributed by atoms with Gasteiger partial charge in [-0.2, -0.15) is 0 Å². The van der Waals surface area contributed by atoms with Gasteiger partial charge in [0.05, 0.1) is 37.1 Å². The number of rotatable bonds is 8. The lowest BCUT2D eigenvalue weighted by atomic mass is 9.95. The summed E-state index contributed by atoms with van der Waals surface area (Å²) in [5, 5.41) is 24.2. The number of likely N-dealkylation sites (N-methyl/N-ethyl adjacent to an activating group) is 1. The fourth-order valence-electron chi connectivity index (χ4n) is 3.85. The molecule has 1 aliphatic rings. The van der Waals surface area contributed by atoms with E-state index in [9.17, 15) is 24.8 Å². The SMILES string of the molecule is CC[NH+](CC)CCN1C(=O)C(=O)C(=C([O-])c2ccccc2)C1c1ccc([N+](=O)[O-])cc1. The van der Waals surface area contributed by atoms with Crippen LogP contribution in [0, 0.1) is 10.1 Å². The Labute approximate surface area is 180 Å². The summed E-state index contributed by atoms with van der Waals surface area (Å²) in [6, 6.07) is 13.1. The lowest BCUT2D eigenvalue weighted by molar-refractivity contribution is -0.895. The molecule has 8 heteroatoms. The number of quaternary nitrogens is 1. The molecule has 1 amide bonds. The van der Waals surface area contributed by atoms with Crippen molar-refractivity contribution in [1.29, 1.82) is 0 Å². The number of nitrogens with one attached hydrogen (secondary N) is 1. The molecule has 0 radical (unpaired) electrons. The first-order valence-corrected chi connectivity index (χ1v) is 10.3. The van der Waals surface area contributed by atoms with Crippen molar-refractivity contribution in [3.8, 4) is 0 Å². The number of carbonyl (C=O) groups is 2. The topological polar surface area (TPSA) is 108 Å². The molecule has 1 saturated heterocycles. The second-order valence-corrected chi connectivity index (χ2v) is 7.39. The average molecular weight is 423 g/mol. The van der Waals surface area contributed by atoms with Gasteiger partial charge in [0.25, 0.3) is 11.6 Å². The van der Waals surface area contributed by atoms with Crippen molar-refractivity contribution in [3.05, 3.63) is 81.4 Å². The minimum atomic E-state index is -0.872. The first-order valence-electron chi connectivity index (χ1n) is 10.3. The summed E-state index contributed by atoms with van der Waals surface area (Å²) in [4.78, 5) is 39.0. The third kappa shape index (κ3) is 4.49. The molecule has 1 fully saturated rings. The number of hydrogen-bond acceptors (Lipinski definition) is 5. The van der Waals surface area contributed by atoms with Crippen LogP contribution in [0.4, 0.5) is 5.69 Å². The quantitative estimate of drug-likeness (QED) is 0.222. The Kier molecular flexibility index (Phi) is 6.81. The zero-order valence-electron chi connectivity index (χ0n) is 17.5. The third-order valence-electron chi connectivity index (χ3n) is 5.69. The molecule has 2 aromatic rings. The summed E-state index contributed by atoms with van der Waals surface area (Å²) >= 11 is 0. The van der Waals surface area contributed by atoms with Crippen LogP contribution >= 0.6 is 0 Å². The second kappa shape index (κ2) is 9.53. The molecular weight excluding hydrogens is 398 g/mol. The fraction of sp³-hybridized carbons (Fsp3) is 0.304. The van der Waals surface area contributed by atoms with E-state index in [-0.39, 0.29) is 11.3 Å². The van der Waals surface area contributed by atoms with Crippen LogP contribution in [0.2, 0.25) is 0 Å². The standard InChI is InChI=1S/C23H25N3O5/c1-3-24(4-2)14-15-25-20(16-10-12-18(13-11-16)26(30)31)19(22(28)23(25)29)21(27)17-8-6-5-7-9-17/h5-13,20,27H,3-4,14-15H2,1-2H3. The van der Waals surface area contributed by atoms with E-state index in [4.69, 9.17) is 0 Å². The van der Waals surface area contributed by atoms with Gasteiger partial charge in [0.1, 0.15) is 0 Å². The van der Waals surface area contributed by atoms with Crippen LogP contribution in [0.5, 0.6) is 0 Å². The highest BCUT2D eigenvalue weighted by Crippen LogP contribution is 2.38. The van der Waals surface area contributed by atoms with E-state index < -0.39 is 28.4 Å². The normalized spacial score (nSPS) is 18.0. The highest BCUT2D eigenvalue weighted by atomic mass is 16.6. The number of nitrogens with zero attached hydrogens (tertiary/aromatic N) is 2. The van der Waals surface area contributed by atoms with E-state index in [0.29, 0.717) is 24.2 Å². The maximum absolute atomic E-state index is 13.2. The van der Waals surface area contributed by atoms with Crippen LogP contribution in [0.15, 0.2) is 60.2 Å². The van der Waals surface area contributed by atoms with Gasteiger partial charge in [-0.05, 0) is 37.1 Å². The molecule has 8 nitrogen and oxygen atoms in total. The first-order chi connectivity index (χ1) is 14.9. The van der Waals surface area contributed by atoms with Crippen LogP contribution in [0.25, 0.3) is 5.76 Å². The maximum atomic E-state index is 13.2. The van der Waals surface area contributed by atoms with Gasteiger partial charge in [-0.1, -0.05) is 36.1 Å². The Hall–Kier alpha value is -3.52. The average Bonchev–Trinajstić information content (AvgIpc) is 3.04. The largest absolute Gasteiger partial charge is 0.872 e. The molecular formula is C23H25N3O5. The Morgan fingerprint density at radius 3 is 2.19 bits per heavy atom. The minimum Gasteiger partial charge on any atom is -0.872 e. The van der Waals surface area contributed by atoms with E-state index in [2.05, 4.69) is 0 Å². The van der Waals surface area contributed by atoms with Crippen molar-refractivity contribution in [2.24, 2.45) is 0 Å². The number of hydrogen-bond donors (Lipinski definition) is 1. The highest BCUT2D eigenvalue weighted by Gasteiger charge is 2.44. The van der Waals surface area contributed by atoms with Gasteiger partial charge in [-0.25, -0.2) is 0 Å². The Morgan fingerprint density at radius 1 is 1.03 bits per heavy atom. The van der Waals surface area contributed by atoms with Gasteiger partial charge < -0.3 is 14.9 Å². The number of nitro benzene ring substituents is 1. The van der Waals surface area contributed by atoms with E-state index in [1.54, 1.807) is 30.3 Å². The molecule has 1 unspecified atom stereocenters. The number of benzene rings is 2. The maximum Gasteiger partial charge on any atom is 0.295 e. The van der Waals surface area contributed by atoms with Crippen molar-refractivity contribution in [3.63, 3.8) is 0 Å². The summed E-state index contributed by atoms with van der Waals surface area (Å²) in [6.07, 6.45) is 0. The molecule has 0 spiro atoms. The molecule has 0 aromatic heterocycles.